The highest BCUT2D eigenvalue weighted by Gasteiger charge is 2.06. The highest BCUT2D eigenvalue weighted by molar-refractivity contribution is 6.31. The Kier molecular flexibility index (Phi) is 5.44. The van der Waals surface area contributed by atoms with Gasteiger partial charge in [-0.1, -0.05) is 41.4 Å². The summed E-state index contributed by atoms with van der Waals surface area (Å²) in [6.07, 6.45) is 3.39. The number of aryl methyl sites for hydroxylation is 1. The molecule has 0 saturated carbocycles. The van der Waals surface area contributed by atoms with E-state index in [1.165, 1.54) is 12.7 Å². The van der Waals surface area contributed by atoms with Crippen LogP contribution in [0.15, 0.2) is 48.7 Å². The lowest BCUT2D eigenvalue weighted by molar-refractivity contribution is 0.255. The number of carbonyl (C=O) groups is 1. The number of anilines is 1. The van der Waals surface area contributed by atoms with Gasteiger partial charge in [0.15, 0.2) is 0 Å². The summed E-state index contributed by atoms with van der Waals surface area (Å²) in [4.78, 5) is 11.9. The molecule has 2 N–H and O–H groups in total. The first-order chi connectivity index (χ1) is 10.6. The second-order valence-corrected chi connectivity index (χ2v) is 5.12. The van der Waals surface area contributed by atoms with E-state index in [-0.39, 0.29) is 6.03 Å². The predicted octanol–water partition coefficient (Wildman–Crippen LogP) is 4.45. The van der Waals surface area contributed by atoms with Crippen LogP contribution in [0.4, 0.5) is 10.5 Å². The number of urea groups is 1. The van der Waals surface area contributed by atoms with E-state index in [0.29, 0.717) is 16.5 Å². The van der Waals surface area contributed by atoms with Gasteiger partial charge in [-0.2, -0.15) is 0 Å². The van der Waals surface area contributed by atoms with Crippen LogP contribution in [0.25, 0.3) is 6.08 Å². The zero-order valence-electron chi connectivity index (χ0n) is 12.4. The number of rotatable bonds is 4. The summed E-state index contributed by atoms with van der Waals surface area (Å²) in [6.45, 7) is 2.03. The molecular formula is C17H17ClN2O2. The van der Waals surface area contributed by atoms with Gasteiger partial charge >= 0.3 is 6.03 Å². The minimum Gasteiger partial charge on any atom is -0.495 e. The van der Waals surface area contributed by atoms with Crippen LogP contribution in [-0.2, 0) is 0 Å². The first-order valence-electron chi connectivity index (χ1n) is 6.73. The van der Waals surface area contributed by atoms with E-state index in [2.05, 4.69) is 10.6 Å². The fraction of sp³-hybridized carbons (Fsp3) is 0.118. The second kappa shape index (κ2) is 7.52. The molecule has 0 heterocycles. The first-order valence-corrected chi connectivity index (χ1v) is 7.10. The molecule has 0 atom stereocenters. The zero-order chi connectivity index (χ0) is 15.9. The largest absolute Gasteiger partial charge is 0.495 e. The van der Waals surface area contributed by atoms with E-state index in [0.717, 1.165) is 5.56 Å². The summed E-state index contributed by atoms with van der Waals surface area (Å²) in [5.41, 5.74) is 2.71. The molecule has 0 bridgehead atoms. The van der Waals surface area contributed by atoms with Crippen molar-refractivity contribution in [2.75, 3.05) is 12.4 Å². The number of ether oxygens (including phenoxy) is 1. The molecule has 0 aliphatic carbocycles. The Morgan fingerprint density at radius 2 is 1.91 bits per heavy atom. The number of nitrogens with one attached hydrogen (secondary N) is 2. The maximum atomic E-state index is 11.9. The van der Waals surface area contributed by atoms with Crippen LogP contribution in [0, 0.1) is 6.92 Å². The van der Waals surface area contributed by atoms with E-state index in [1.54, 1.807) is 24.4 Å². The monoisotopic (exact) mass is 316 g/mol. The van der Waals surface area contributed by atoms with E-state index in [9.17, 15) is 4.79 Å². The number of halogens is 1. The molecule has 2 amide bonds. The Morgan fingerprint density at radius 1 is 1.18 bits per heavy atom. The van der Waals surface area contributed by atoms with Crippen LogP contribution in [0.2, 0.25) is 5.02 Å². The molecule has 2 aromatic rings. The van der Waals surface area contributed by atoms with Crippen molar-refractivity contribution < 1.29 is 9.53 Å². The van der Waals surface area contributed by atoms with Crippen LogP contribution >= 0.6 is 11.6 Å². The maximum absolute atomic E-state index is 11.9. The Labute approximate surface area is 134 Å². The molecule has 0 aliphatic rings. The van der Waals surface area contributed by atoms with Crippen molar-refractivity contribution in [3.05, 3.63) is 64.8 Å². The van der Waals surface area contributed by atoms with Crippen LogP contribution < -0.4 is 15.4 Å². The smallest absolute Gasteiger partial charge is 0.323 e. The Bertz CT molecular complexity index is 682. The van der Waals surface area contributed by atoms with Gasteiger partial charge in [-0.05, 0) is 36.8 Å². The average molecular weight is 317 g/mol. The van der Waals surface area contributed by atoms with Gasteiger partial charge in [-0.3, -0.25) is 0 Å². The van der Waals surface area contributed by atoms with Gasteiger partial charge in [0.05, 0.1) is 12.8 Å². The van der Waals surface area contributed by atoms with Crippen molar-refractivity contribution >= 4 is 29.4 Å². The predicted molar refractivity (Wildman–Crippen MR) is 90.4 cm³/mol. The number of amides is 2. The molecule has 22 heavy (non-hydrogen) atoms. The molecule has 0 unspecified atom stereocenters. The Morgan fingerprint density at radius 3 is 2.59 bits per heavy atom. The molecule has 5 heteroatoms. The zero-order valence-corrected chi connectivity index (χ0v) is 13.1. The lowest BCUT2D eigenvalue weighted by Crippen LogP contribution is -2.24. The second-order valence-electron chi connectivity index (χ2n) is 4.69. The molecule has 0 radical (unpaired) electrons. The van der Waals surface area contributed by atoms with Crippen molar-refractivity contribution in [3.8, 4) is 5.75 Å². The van der Waals surface area contributed by atoms with E-state index < -0.39 is 0 Å². The van der Waals surface area contributed by atoms with Gasteiger partial charge in [0.25, 0.3) is 0 Å². The Hall–Kier alpha value is -2.46. The molecule has 0 aromatic heterocycles. The van der Waals surface area contributed by atoms with Crippen molar-refractivity contribution in [2.45, 2.75) is 6.92 Å². The van der Waals surface area contributed by atoms with E-state index in [1.807, 2.05) is 37.3 Å². The highest BCUT2D eigenvalue weighted by Crippen LogP contribution is 2.27. The molecule has 2 aromatic carbocycles. The summed E-state index contributed by atoms with van der Waals surface area (Å²) < 4.78 is 5.17. The lowest BCUT2D eigenvalue weighted by Gasteiger charge is -2.10. The standard InChI is InChI=1S/C17H17ClN2O2/c1-12-3-5-13(6-4-12)9-10-19-17(21)20-15-11-14(18)7-8-16(15)22-2/h3-11H,1-2H3,(H2,19,20,21)/b10-9+. The van der Waals surface area contributed by atoms with Gasteiger partial charge < -0.3 is 15.4 Å². The molecular weight excluding hydrogens is 300 g/mol. The number of carbonyl (C=O) groups excluding carboxylic acids is 1. The molecule has 0 saturated heterocycles. The third kappa shape index (κ3) is 4.53. The lowest BCUT2D eigenvalue weighted by atomic mass is 10.1. The third-order valence-corrected chi connectivity index (χ3v) is 3.21. The molecule has 0 fully saturated rings. The summed E-state index contributed by atoms with van der Waals surface area (Å²) in [5.74, 6) is 0.544. The topological polar surface area (TPSA) is 50.4 Å². The van der Waals surface area contributed by atoms with Gasteiger partial charge in [0.2, 0.25) is 0 Å². The van der Waals surface area contributed by atoms with Crippen LogP contribution in [-0.4, -0.2) is 13.1 Å². The molecule has 2 rings (SSSR count). The van der Waals surface area contributed by atoms with E-state index in [4.69, 9.17) is 16.3 Å². The minimum atomic E-state index is -0.371. The minimum absolute atomic E-state index is 0.371. The molecule has 114 valence electrons. The van der Waals surface area contributed by atoms with Gasteiger partial charge in [-0.25, -0.2) is 4.79 Å². The van der Waals surface area contributed by atoms with Gasteiger partial charge in [0, 0.05) is 11.2 Å². The Balaban J connectivity index is 1.96. The van der Waals surface area contributed by atoms with Crippen molar-refractivity contribution in [3.63, 3.8) is 0 Å². The molecule has 4 nitrogen and oxygen atoms in total. The summed E-state index contributed by atoms with van der Waals surface area (Å²) in [6, 6.07) is 12.6. The summed E-state index contributed by atoms with van der Waals surface area (Å²) in [7, 11) is 1.53. The fourth-order valence-corrected chi connectivity index (χ4v) is 2.00. The van der Waals surface area contributed by atoms with Crippen LogP contribution in [0.3, 0.4) is 0 Å². The fourth-order valence-electron chi connectivity index (χ4n) is 1.83. The third-order valence-electron chi connectivity index (χ3n) is 2.98. The SMILES string of the molecule is COc1ccc(Cl)cc1NC(=O)N/C=C/c1ccc(C)cc1. The number of hydrogen-bond donors (Lipinski definition) is 2. The highest BCUT2D eigenvalue weighted by atomic mass is 35.5. The van der Waals surface area contributed by atoms with Gasteiger partial charge in [0.1, 0.15) is 5.75 Å². The molecule has 0 spiro atoms. The first kappa shape index (κ1) is 15.9. The van der Waals surface area contributed by atoms with Crippen LogP contribution in [0.1, 0.15) is 11.1 Å². The average Bonchev–Trinajstić information content (AvgIpc) is 2.49. The number of methoxy groups -OCH3 is 1. The number of benzene rings is 2. The summed E-state index contributed by atoms with van der Waals surface area (Å²) in [5, 5.41) is 5.84. The normalized spacial score (nSPS) is 10.5. The molecule has 0 aliphatic heterocycles. The summed E-state index contributed by atoms with van der Waals surface area (Å²) >= 11 is 5.91. The van der Waals surface area contributed by atoms with E-state index >= 15 is 0 Å². The quantitative estimate of drug-likeness (QED) is 0.875. The van der Waals surface area contributed by atoms with Crippen LogP contribution in [0.5, 0.6) is 5.75 Å². The van der Waals surface area contributed by atoms with Crippen molar-refractivity contribution in [1.29, 1.82) is 0 Å². The van der Waals surface area contributed by atoms with Gasteiger partial charge in [-0.15, -0.1) is 0 Å². The maximum Gasteiger partial charge on any atom is 0.323 e. The van der Waals surface area contributed by atoms with Crippen molar-refractivity contribution in [1.82, 2.24) is 5.32 Å². The number of hydrogen-bond acceptors (Lipinski definition) is 2. The van der Waals surface area contributed by atoms with Crippen molar-refractivity contribution in [2.24, 2.45) is 0 Å².